The van der Waals surface area contributed by atoms with Gasteiger partial charge in [-0.1, -0.05) is 12.1 Å². The maximum absolute atomic E-state index is 13.2. The van der Waals surface area contributed by atoms with Crippen molar-refractivity contribution >= 4 is 37.5 Å². The summed E-state index contributed by atoms with van der Waals surface area (Å²) in [5.41, 5.74) is 1.20. The first-order chi connectivity index (χ1) is 14.8. The van der Waals surface area contributed by atoms with Crippen LogP contribution in [-0.2, 0) is 10.0 Å². The molecule has 164 valence electrons. The van der Waals surface area contributed by atoms with Crippen molar-refractivity contribution in [2.24, 2.45) is 0 Å². The van der Waals surface area contributed by atoms with Gasteiger partial charge in [-0.05, 0) is 50.1 Å². The number of hydrogen-bond acceptors (Lipinski definition) is 6. The van der Waals surface area contributed by atoms with Crippen LogP contribution < -0.4 is 4.74 Å². The summed E-state index contributed by atoms with van der Waals surface area (Å²) in [7, 11) is -0.588. The van der Waals surface area contributed by atoms with Gasteiger partial charge in [-0.25, -0.2) is 13.4 Å². The van der Waals surface area contributed by atoms with Gasteiger partial charge in [0.2, 0.25) is 10.0 Å². The third-order valence-electron chi connectivity index (χ3n) is 5.66. The molecule has 1 aliphatic heterocycles. The number of para-hydroxylation sites is 1. The molecule has 1 amide bonds. The number of methoxy groups -OCH3 is 1. The number of carbonyl (C=O) groups is 1. The van der Waals surface area contributed by atoms with E-state index in [0.717, 1.165) is 28.1 Å². The van der Waals surface area contributed by atoms with E-state index in [9.17, 15) is 13.2 Å². The van der Waals surface area contributed by atoms with Crippen LogP contribution in [0.3, 0.4) is 0 Å². The van der Waals surface area contributed by atoms with Gasteiger partial charge in [-0.15, -0.1) is 11.3 Å². The molecule has 0 unspecified atom stereocenters. The monoisotopic (exact) mass is 459 g/mol. The van der Waals surface area contributed by atoms with Crippen LogP contribution in [-0.4, -0.2) is 55.8 Å². The number of amides is 1. The van der Waals surface area contributed by atoms with Crippen molar-refractivity contribution in [3.05, 3.63) is 53.0 Å². The summed E-state index contributed by atoms with van der Waals surface area (Å²) in [5.74, 6) is -0.0300. The third kappa shape index (κ3) is 4.05. The van der Waals surface area contributed by atoms with Gasteiger partial charge >= 0.3 is 0 Å². The highest BCUT2D eigenvalue weighted by Crippen LogP contribution is 2.32. The van der Waals surface area contributed by atoms with Crippen LogP contribution >= 0.6 is 11.3 Å². The SMILES string of the molecule is COc1ccc(C(=O)N(C)[C@H](C)c2nc3ccccc3s2)cc1S(=O)(=O)N1CCCC1. The smallest absolute Gasteiger partial charge is 0.254 e. The molecule has 2 heterocycles. The quantitative estimate of drug-likeness (QED) is 0.558. The second-order valence-corrected chi connectivity index (χ2v) is 10.6. The van der Waals surface area contributed by atoms with Crippen LogP contribution in [0.4, 0.5) is 0 Å². The molecule has 31 heavy (non-hydrogen) atoms. The van der Waals surface area contributed by atoms with E-state index in [0.29, 0.717) is 18.7 Å². The number of aromatic nitrogens is 1. The van der Waals surface area contributed by atoms with Gasteiger partial charge < -0.3 is 9.64 Å². The summed E-state index contributed by atoms with van der Waals surface area (Å²) in [5, 5.41) is 0.829. The van der Waals surface area contributed by atoms with Gasteiger partial charge in [-0.3, -0.25) is 4.79 Å². The minimum absolute atomic E-state index is 0.0313. The molecule has 0 bridgehead atoms. The predicted octanol–water partition coefficient (Wildman–Crippen LogP) is 3.92. The molecule has 7 nitrogen and oxygen atoms in total. The Morgan fingerprint density at radius 3 is 2.58 bits per heavy atom. The summed E-state index contributed by atoms with van der Waals surface area (Å²) >= 11 is 1.55. The van der Waals surface area contributed by atoms with E-state index in [1.807, 2.05) is 31.2 Å². The minimum atomic E-state index is -3.73. The van der Waals surface area contributed by atoms with Crippen molar-refractivity contribution < 1.29 is 17.9 Å². The zero-order chi connectivity index (χ0) is 22.2. The molecular formula is C22H25N3O4S2. The number of sulfonamides is 1. The highest BCUT2D eigenvalue weighted by atomic mass is 32.2. The Bertz CT molecular complexity index is 1180. The molecule has 3 aromatic rings. The maximum Gasteiger partial charge on any atom is 0.254 e. The highest BCUT2D eigenvalue weighted by molar-refractivity contribution is 7.89. The maximum atomic E-state index is 13.2. The number of hydrogen-bond donors (Lipinski definition) is 0. The molecule has 1 saturated heterocycles. The van der Waals surface area contributed by atoms with Crippen molar-refractivity contribution in [1.29, 1.82) is 0 Å². The van der Waals surface area contributed by atoms with Crippen LogP contribution in [0.5, 0.6) is 5.75 Å². The Morgan fingerprint density at radius 1 is 1.19 bits per heavy atom. The lowest BCUT2D eigenvalue weighted by Gasteiger charge is -2.24. The first-order valence-electron chi connectivity index (χ1n) is 10.1. The summed E-state index contributed by atoms with van der Waals surface area (Å²) in [6.07, 6.45) is 1.67. The van der Waals surface area contributed by atoms with Crippen molar-refractivity contribution in [2.45, 2.75) is 30.7 Å². The van der Waals surface area contributed by atoms with E-state index in [1.54, 1.807) is 35.4 Å². The van der Waals surface area contributed by atoms with E-state index in [-0.39, 0.29) is 22.6 Å². The van der Waals surface area contributed by atoms with Crippen LogP contribution in [0.1, 0.15) is 41.2 Å². The average molecular weight is 460 g/mol. The first kappa shape index (κ1) is 21.7. The van der Waals surface area contributed by atoms with E-state index in [2.05, 4.69) is 4.98 Å². The van der Waals surface area contributed by atoms with Crippen molar-refractivity contribution in [2.75, 3.05) is 27.2 Å². The number of thiazole rings is 1. The Hall–Kier alpha value is -2.49. The van der Waals surface area contributed by atoms with Gasteiger partial charge in [0.25, 0.3) is 5.91 Å². The van der Waals surface area contributed by atoms with E-state index >= 15 is 0 Å². The summed E-state index contributed by atoms with van der Waals surface area (Å²) < 4.78 is 34.1. The second kappa shape index (κ2) is 8.57. The zero-order valence-corrected chi connectivity index (χ0v) is 19.4. The van der Waals surface area contributed by atoms with Crippen molar-refractivity contribution in [3.63, 3.8) is 0 Å². The van der Waals surface area contributed by atoms with Gasteiger partial charge in [-0.2, -0.15) is 4.31 Å². The van der Waals surface area contributed by atoms with E-state index < -0.39 is 10.0 Å². The zero-order valence-electron chi connectivity index (χ0n) is 17.7. The molecule has 0 N–H and O–H groups in total. The molecule has 4 rings (SSSR count). The first-order valence-corrected chi connectivity index (χ1v) is 12.4. The Morgan fingerprint density at radius 2 is 1.90 bits per heavy atom. The standard InChI is InChI=1S/C22H25N3O4S2/c1-15(21-23-17-8-4-5-9-19(17)30-21)24(2)22(26)16-10-11-18(29-3)20(14-16)31(27,28)25-12-6-7-13-25/h4-5,8-11,14-15H,6-7,12-13H2,1-3H3/t15-/m1/s1. The number of benzene rings is 2. The summed E-state index contributed by atoms with van der Waals surface area (Å²) in [6.45, 7) is 2.89. The molecule has 2 aromatic carbocycles. The lowest BCUT2D eigenvalue weighted by Crippen LogP contribution is -2.31. The number of nitrogens with zero attached hydrogens (tertiary/aromatic N) is 3. The summed E-state index contributed by atoms with van der Waals surface area (Å²) in [4.78, 5) is 19.5. The average Bonchev–Trinajstić information content (AvgIpc) is 3.47. The van der Waals surface area contributed by atoms with Gasteiger partial charge in [0.1, 0.15) is 15.7 Å². The topological polar surface area (TPSA) is 79.8 Å². The number of ether oxygens (including phenoxy) is 1. The molecule has 0 radical (unpaired) electrons. The fourth-order valence-corrected chi connectivity index (χ4v) is 6.45. The second-order valence-electron chi connectivity index (χ2n) is 7.59. The minimum Gasteiger partial charge on any atom is -0.495 e. The number of rotatable bonds is 6. The van der Waals surface area contributed by atoms with E-state index in [1.165, 1.54) is 17.5 Å². The molecule has 1 aliphatic rings. The van der Waals surface area contributed by atoms with Crippen LogP contribution in [0, 0.1) is 0 Å². The normalized spacial score (nSPS) is 15.8. The Kier molecular flexibility index (Phi) is 6.00. The molecule has 1 aromatic heterocycles. The van der Waals surface area contributed by atoms with Crippen molar-refractivity contribution in [3.8, 4) is 5.75 Å². The Balaban J connectivity index is 1.64. The predicted molar refractivity (Wildman–Crippen MR) is 121 cm³/mol. The lowest BCUT2D eigenvalue weighted by atomic mass is 10.1. The number of fused-ring (bicyclic) bond motifs is 1. The van der Waals surface area contributed by atoms with Crippen molar-refractivity contribution in [1.82, 2.24) is 14.2 Å². The fraction of sp³-hybridized carbons (Fsp3) is 0.364. The molecule has 0 saturated carbocycles. The molecule has 1 fully saturated rings. The van der Waals surface area contributed by atoms with Gasteiger partial charge in [0.05, 0.1) is 23.4 Å². The molecule has 0 spiro atoms. The van der Waals surface area contributed by atoms with Crippen LogP contribution in [0.25, 0.3) is 10.2 Å². The Labute approximate surface area is 186 Å². The van der Waals surface area contributed by atoms with Crippen LogP contribution in [0.2, 0.25) is 0 Å². The molecular weight excluding hydrogens is 434 g/mol. The lowest BCUT2D eigenvalue weighted by molar-refractivity contribution is 0.0742. The van der Waals surface area contributed by atoms with Crippen LogP contribution in [0.15, 0.2) is 47.4 Å². The molecule has 0 aliphatic carbocycles. The molecule has 1 atom stereocenters. The largest absolute Gasteiger partial charge is 0.495 e. The number of carbonyl (C=O) groups excluding carboxylic acids is 1. The highest BCUT2D eigenvalue weighted by Gasteiger charge is 2.31. The van der Waals surface area contributed by atoms with Gasteiger partial charge in [0.15, 0.2) is 0 Å². The molecule has 9 heteroatoms. The third-order valence-corrected chi connectivity index (χ3v) is 8.79. The summed E-state index contributed by atoms with van der Waals surface area (Å²) in [6, 6.07) is 12.2. The van der Waals surface area contributed by atoms with E-state index in [4.69, 9.17) is 4.74 Å². The van der Waals surface area contributed by atoms with Gasteiger partial charge in [0, 0.05) is 25.7 Å². The fourth-order valence-electron chi connectivity index (χ4n) is 3.69.